The molecule has 0 spiro atoms. The molecule has 0 bridgehead atoms. The molecule has 106 valence electrons. The fraction of sp³-hybridized carbons (Fsp3) is 0.600. The van der Waals surface area contributed by atoms with Crippen LogP contribution in [0, 0.1) is 0 Å². The van der Waals surface area contributed by atoms with E-state index in [9.17, 15) is 0 Å². The first kappa shape index (κ1) is 14.8. The zero-order valence-electron chi connectivity index (χ0n) is 11.4. The highest BCUT2D eigenvalue weighted by atomic mass is 79.9. The van der Waals surface area contributed by atoms with Gasteiger partial charge in [-0.15, -0.1) is 0 Å². The van der Waals surface area contributed by atoms with Crippen molar-refractivity contribution in [3.63, 3.8) is 0 Å². The van der Waals surface area contributed by atoms with Crippen LogP contribution in [0.25, 0.3) is 0 Å². The molecule has 1 aromatic rings. The fourth-order valence-corrected chi connectivity index (χ4v) is 2.94. The molecule has 0 aromatic heterocycles. The summed E-state index contributed by atoms with van der Waals surface area (Å²) in [4.78, 5) is 0. The summed E-state index contributed by atoms with van der Waals surface area (Å²) >= 11 is 3.57. The lowest BCUT2D eigenvalue weighted by molar-refractivity contribution is 0.00746. The van der Waals surface area contributed by atoms with Gasteiger partial charge in [0.05, 0.1) is 13.2 Å². The molecule has 0 amide bonds. The second kappa shape index (κ2) is 7.27. The molecule has 1 heterocycles. The summed E-state index contributed by atoms with van der Waals surface area (Å²) in [6.45, 7) is 0.889. The molecule has 1 aromatic carbocycles. The summed E-state index contributed by atoms with van der Waals surface area (Å²) in [5.41, 5.74) is 7.45. The summed E-state index contributed by atoms with van der Waals surface area (Å²) < 4.78 is 12.1. The topological polar surface area (TPSA) is 44.5 Å². The van der Waals surface area contributed by atoms with Crippen LogP contribution in [0.15, 0.2) is 22.7 Å². The van der Waals surface area contributed by atoms with Crippen LogP contribution in [0.5, 0.6) is 5.75 Å². The van der Waals surface area contributed by atoms with Crippen LogP contribution >= 0.6 is 15.9 Å². The summed E-state index contributed by atoms with van der Waals surface area (Å²) in [5, 5.41) is 0. The van der Waals surface area contributed by atoms with Crippen molar-refractivity contribution in [2.45, 2.75) is 44.2 Å². The molecule has 19 heavy (non-hydrogen) atoms. The average Bonchev–Trinajstić information content (AvgIpc) is 2.42. The van der Waals surface area contributed by atoms with Crippen molar-refractivity contribution in [1.29, 1.82) is 0 Å². The lowest BCUT2D eigenvalue weighted by Gasteiger charge is -2.25. The van der Waals surface area contributed by atoms with Crippen LogP contribution in [0.2, 0.25) is 0 Å². The number of halogens is 1. The van der Waals surface area contributed by atoms with Gasteiger partial charge >= 0.3 is 0 Å². The van der Waals surface area contributed by atoms with E-state index < -0.39 is 0 Å². The van der Waals surface area contributed by atoms with Gasteiger partial charge in [-0.2, -0.15) is 0 Å². The first-order valence-electron chi connectivity index (χ1n) is 6.88. The molecule has 2 rings (SSSR count). The molecule has 1 aliphatic rings. The molecule has 4 heteroatoms. The molecule has 2 atom stereocenters. The van der Waals surface area contributed by atoms with E-state index in [0.717, 1.165) is 36.1 Å². The molecule has 0 aliphatic carbocycles. The van der Waals surface area contributed by atoms with Gasteiger partial charge in [0.15, 0.2) is 0 Å². The fourth-order valence-electron chi connectivity index (χ4n) is 2.53. The average molecular weight is 328 g/mol. The van der Waals surface area contributed by atoms with E-state index in [1.54, 1.807) is 7.11 Å². The highest BCUT2D eigenvalue weighted by Gasteiger charge is 2.18. The minimum atomic E-state index is 0.131. The molecule has 3 nitrogen and oxygen atoms in total. The lowest BCUT2D eigenvalue weighted by atomic mass is 9.97. The predicted molar refractivity (Wildman–Crippen MR) is 80.6 cm³/mol. The van der Waals surface area contributed by atoms with Crippen molar-refractivity contribution in [2.75, 3.05) is 13.7 Å². The summed E-state index contributed by atoms with van der Waals surface area (Å²) in [6, 6.07) is 6.14. The molecule has 1 fully saturated rings. The number of nitrogens with two attached hydrogens (primary N) is 1. The normalized spacial score (nSPS) is 21.1. The molecule has 2 N–H and O–H groups in total. The largest absolute Gasteiger partial charge is 0.497 e. The Labute approximate surface area is 123 Å². The van der Waals surface area contributed by atoms with Crippen LogP contribution in [0.3, 0.4) is 0 Å². The number of ether oxygens (including phenoxy) is 2. The van der Waals surface area contributed by atoms with Gasteiger partial charge in [-0.3, -0.25) is 0 Å². The summed E-state index contributed by atoms with van der Waals surface area (Å²) in [5.74, 6) is 0.874. The van der Waals surface area contributed by atoms with E-state index in [1.165, 1.54) is 18.4 Å². The van der Waals surface area contributed by atoms with E-state index in [-0.39, 0.29) is 6.04 Å². The van der Waals surface area contributed by atoms with Crippen LogP contribution in [0.1, 0.15) is 31.2 Å². The molecule has 1 saturated heterocycles. The van der Waals surface area contributed by atoms with Gasteiger partial charge in [0.2, 0.25) is 0 Å². The third kappa shape index (κ3) is 4.48. The van der Waals surface area contributed by atoms with Crippen molar-refractivity contribution in [3.05, 3.63) is 28.2 Å². The van der Waals surface area contributed by atoms with Crippen molar-refractivity contribution in [1.82, 2.24) is 0 Å². The van der Waals surface area contributed by atoms with Gasteiger partial charge in [0.25, 0.3) is 0 Å². The maximum atomic E-state index is 6.26. The Balaban J connectivity index is 1.92. The minimum absolute atomic E-state index is 0.131. The van der Waals surface area contributed by atoms with Crippen LogP contribution < -0.4 is 10.5 Å². The maximum Gasteiger partial charge on any atom is 0.119 e. The predicted octanol–water partition coefficient (Wildman–Crippen LogP) is 3.29. The Bertz CT molecular complexity index is 405. The summed E-state index contributed by atoms with van der Waals surface area (Å²) in [6.07, 6.45) is 5.72. The van der Waals surface area contributed by atoms with Crippen molar-refractivity contribution in [2.24, 2.45) is 5.73 Å². The van der Waals surface area contributed by atoms with Gasteiger partial charge < -0.3 is 15.2 Å². The Morgan fingerprint density at radius 2 is 2.32 bits per heavy atom. The third-order valence-corrected chi connectivity index (χ3v) is 4.35. The highest BCUT2D eigenvalue weighted by Crippen LogP contribution is 2.25. The zero-order chi connectivity index (χ0) is 13.7. The Kier molecular flexibility index (Phi) is 5.67. The number of hydrogen-bond donors (Lipinski definition) is 1. The first-order chi connectivity index (χ1) is 9.19. The second-order valence-electron chi connectivity index (χ2n) is 5.15. The first-order valence-corrected chi connectivity index (χ1v) is 7.68. The molecular weight excluding hydrogens is 306 g/mol. The molecule has 2 unspecified atom stereocenters. The van der Waals surface area contributed by atoms with E-state index in [4.69, 9.17) is 15.2 Å². The minimum Gasteiger partial charge on any atom is -0.497 e. The Hall–Kier alpha value is -0.580. The van der Waals surface area contributed by atoms with Crippen molar-refractivity contribution < 1.29 is 9.47 Å². The SMILES string of the molecule is COc1ccc(Br)c(CC(N)CC2CCCCO2)c1. The molecule has 0 radical (unpaired) electrons. The number of rotatable bonds is 5. The Morgan fingerprint density at radius 3 is 3.00 bits per heavy atom. The van der Waals surface area contributed by atoms with Crippen molar-refractivity contribution >= 4 is 15.9 Å². The molecule has 0 saturated carbocycles. The number of hydrogen-bond acceptors (Lipinski definition) is 3. The van der Waals surface area contributed by atoms with E-state index in [2.05, 4.69) is 15.9 Å². The highest BCUT2D eigenvalue weighted by molar-refractivity contribution is 9.10. The van der Waals surface area contributed by atoms with Crippen LogP contribution in [0.4, 0.5) is 0 Å². The zero-order valence-corrected chi connectivity index (χ0v) is 13.0. The van der Waals surface area contributed by atoms with Crippen LogP contribution in [-0.4, -0.2) is 25.9 Å². The second-order valence-corrected chi connectivity index (χ2v) is 6.00. The van der Waals surface area contributed by atoms with E-state index in [0.29, 0.717) is 6.10 Å². The molecule has 1 aliphatic heterocycles. The third-order valence-electron chi connectivity index (χ3n) is 3.57. The standard InChI is InChI=1S/C15H22BrNO2/c1-18-13-5-6-15(16)11(9-13)8-12(17)10-14-4-2-3-7-19-14/h5-6,9,12,14H,2-4,7-8,10,17H2,1H3. The van der Waals surface area contributed by atoms with Crippen molar-refractivity contribution in [3.8, 4) is 5.75 Å². The van der Waals surface area contributed by atoms with Gasteiger partial charge in [-0.05, 0) is 55.9 Å². The summed E-state index contributed by atoms with van der Waals surface area (Å²) in [7, 11) is 1.68. The maximum absolute atomic E-state index is 6.26. The van der Waals surface area contributed by atoms with Gasteiger partial charge in [-0.1, -0.05) is 15.9 Å². The Morgan fingerprint density at radius 1 is 1.47 bits per heavy atom. The number of benzene rings is 1. The van der Waals surface area contributed by atoms with E-state index in [1.807, 2.05) is 18.2 Å². The van der Waals surface area contributed by atoms with Gasteiger partial charge in [-0.25, -0.2) is 0 Å². The lowest BCUT2D eigenvalue weighted by Crippen LogP contribution is -2.31. The number of methoxy groups -OCH3 is 1. The van der Waals surface area contributed by atoms with Gasteiger partial charge in [0.1, 0.15) is 5.75 Å². The van der Waals surface area contributed by atoms with Crippen LogP contribution in [-0.2, 0) is 11.2 Å². The molecular formula is C15H22BrNO2. The van der Waals surface area contributed by atoms with E-state index >= 15 is 0 Å². The quantitative estimate of drug-likeness (QED) is 0.902. The van der Waals surface area contributed by atoms with Gasteiger partial charge in [0, 0.05) is 17.1 Å². The monoisotopic (exact) mass is 327 g/mol. The smallest absolute Gasteiger partial charge is 0.119 e.